The zero-order valence-electron chi connectivity index (χ0n) is 17.1. The zero-order valence-corrected chi connectivity index (χ0v) is 17.9. The minimum Gasteiger partial charge on any atom is -0.448 e. The van der Waals surface area contributed by atoms with Crippen LogP contribution in [0.4, 0.5) is 4.79 Å². The van der Waals surface area contributed by atoms with Crippen LogP contribution in [0.2, 0.25) is 5.02 Å². The van der Waals surface area contributed by atoms with Crippen molar-refractivity contribution < 1.29 is 19.1 Å². The van der Waals surface area contributed by atoms with Gasteiger partial charge in [0.05, 0.1) is 29.5 Å². The first-order chi connectivity index (χ1) is 14.4. The Hall–Kier alpha value is -2.36. The van der Waals surface area contributed by atoms with Crippen molar-refractivity contribution in [3.8, 4) is 0 Å². The van der Waals surface area contributed by atoms with Crippen molar-refractivity contribution in [2.24, 2.45) is 0 Å². The van der Waals surface area contributed by atoms with E-state index in [0.717, 1.165) is 5.69 Å². The summed E-state index contributed by atoms with van der Waals surface area (Å²) in [7, 11) is 0. The second kappa shape index (κ2) is 8.79. The lowest BCUT2D eigenvalue weighted by Crippen LogP contribution is -2.48. The normalized spacial score (nSPS) is 22.0. The number of halogens is 1. The Morgan fingerprint density at radius 1 is 1.30 bits per heavy atom. The van der Waals surface area contributed by atoms with Crippen molar-refractivity contribution >= 4 is 29.2 Å². The summed E-state index contributed by atoms with van der Waals surface area (Å²) in [6, 6.07) is 3.56. The van der Waals surface area contributed by atoms with Gasteiger partial charge >= 0.3 is 6.09 Å². The van der Waals surface area contributed by atoms with Crippen LogP contribution in [0.1, 0.15) is 30.0 Å². The minimum atomic E-state index is -0.287. The summed E-state index contributed by atoms with van der Waals surface area (Å²) in [4.78, 5) is 32.9. The Bertz CT molecular complexity index is 939. The van der Waals surface area contributed by atoms with E-state index < -0.39 is 0 Å². The highest BCUT2D eigenvalue weighted by molar-refractivity contribution is 6.30. The third kappa shape index (κ3) is 4.38. The van der Waals surface area contributed by atoms with Crippen LogP contribution in [0, 0.1) is 0 Å². The van der Waals surface area contributed by atoms with Gasteiger partial charge in [-0.15, -0.1) is 0 Å². The fraction of sp³-hybridized carbons (Fsp3) is 0.550. The van der Waals surface area contributed by atoms with Crippen LogP contribution in [0.5, 0.6) is 0 Å². The first-order valence-electron chi connectivity index (χ1n) is 10.2. The van der Waals surface area contributed by atoms with Crippen molar-refractivity contribution in [2.45, 2.75) is 32.6 Å². The minimum absolute atomic E-state index is 0.0223. The molecule has 0 bridgehead atoms. The van der Waals surface area contributed by atoms with Gasteiger partial charge in [-0.2, -0.15) is 0 Å². The van der Waals surface area contributed by atoms with Gasteiger partial charge in [0.25, 0.3) is 5.91 Å². The van der Waals surface area contributed by atoms with Crippen molar-refractivity contribution in [3.05, 3.63) is 34.7 Å². The van der Waals surface area contributed by atoms with Crippen LogP contribution in [-0.2, 0) is 16.0 Å². The van der Waals surface area contributed by atoms with Crippen LogP contribution < -0.4 is 5.32 Å². The maximum atomic E-state index is 13.3. The summed E-state index contributed by atoms with van der Waals surface area (Å²) in [6.45, 7) is 7.55. The molecule has 2 amide bonds. The van der Waals surface area contributed by atoms with E-state index in [0.29, 0.717) is 62.2 Å². The van der Waals surface area contributed by atoms with Crippen LogP contribution in [0.15, 0.2) is 18.3 Å². The Kier molecular flexibility index (Phi) is 6.12. The average molecular weight is 436 g/mol. The standard InChI is InChI=1S/C20H26ClN5O4/c1-13-10-25(11-14(2)30-13)19(27)18-16(26-12-15(21)3-4-17(26)23-18)9-22-5-6-24-7-8-29-20(24)28/h3-4,12-14,22H,5-11H2,1-2H3/t13-,14+. The van der Waals surface area contributed by atoms with Gasteiger partial charge in [-0.3, -0.25) is 4.79 Å². The van der Waals surface area contributed by atoms with Gasteiger partial charge < -0.3 is 29.0 Å². The summed E-state index contributed by atoms with van der Waals surface area (Å²) in [5.74, 6) is -0.114. The summed E-state index contributed by atoms with van der Waals surface area (Å²) in [5, 5.41) is 3.88. The number of carbonyl (C=O) groups is 2. The van der Waals surface area contributed by atoms with Crippen LogP contribution in [0.25, 0.3) is 5.65 Å². The number of fused-ring (bicyclic) bond motifs is 1. The predicted octanol–water partition coefficient (Wildman–Crippen LogP) is 1.78. The Balaban J connectivity index is 1.53. The molecule has 0 unspecified atom stereocenters. The van der Waals surface area contributed by atoms with Crippen molar-refractivity contribution in [3.63, 3.8) is 0 Å². The maximum absolute atomic E-state index is 13.3. The molecular weight excluding hydrogens is 410 g/mol. The van der Waals surface area contributed by atoms with E-state index in [-0.39, 0.29) is 24.2 Å². The molecule has 10 heteroatoms. The molecule has 2 aliphatic rings. The molecule has 2 aromatic rings. The highest BCUT2D eigenvalue weighted by atomic mass is 35.5. The third-order valence-electron chi connectivity index (χ3n) is 5.29. The number of amides is 2. The van der Waals surface area contributed by atoms with E-state index >= 15 is 0 Å². The third-order valence-corrected chi connectivity index (χ3v) is 5.51. The molecule has 2 atom stereocenters. The number of nitrogens with one attached hydrogen (secondary N) is 1. The SMILES string of the molecule is C[C@@H]1CN(C(=O)c2nc3ccc(Cl)cn3c2CNCCN2CCOC2=O)C[C@H](C)O1. The van der Waals surface area contributed by atoms with E-state index in [1.807, 2.05) is 18.2 Å². The fourth-order valence-corrected chi connectivity index (χ4v) is 4.11. The zero-order chi connectivity index (χ0) is 21.3. The Morgan fingerprint density at radius 3 is 2.77 bits per heavy atom. The molecule has 0 spiro atoms. The second-order valence-corrected chi connectivity index (χ2v) is 8.16. The molecule has 162 valence electrons. The van der Waals surface area contributed by atoms with E-state index in [1.165, 1.54) is 0 Å². The number of pyridine rings is 1. The number of imidazole rings is 1. The molecule has 4 rings (SSSR count). The number of cyclic esters (lactones) is 1. The van der Waals surface area contributed by atoms with Gasteiger partial charge in [0.15, 0.2) is 5.69 Å². The molecule has 1 N–H and O–H groups in total. The number of rotatable bonds is 6. The molecule has 0 aliphatic carbocycles. The van der Waals surface area contributed by atoms with Crippen LogP contribution >= 0.6 is 11.6 Å². The largest absolute Gasteiger partial charge is 0.448 e. The number of hydrogen-bond donors (Lipinski definition) is 1. The average Bonchev–Trinajstić information content (AvgIpc) is 3.27. The first kappa shape index (κ1) is 20.9. The molecule has 0 radical (unpaired) electrons. The highest BCUT2D eigenvalue weighted by Gasteiger charge is 2.30. The van der Waals surface area contributed by atoms with Gasteiger partial charge in [0, 0.05) is 38.9 Å². The lowest BCUT2D eigenvalue weighted by Gasteiger charge is -2.35. The smallest absolute Gasteiger partial charge is 0.409 e. The summed E-state index contributed by atoms with van der Waals surface area (Å²) < 4.78 is 12.5. The van der Waals surface area contributed by atoms with E-state index in [1.54, 1.807) is 28.1 Å². The highest BCUT2D eigenvalue weighted by Crippen LogP contribution is 2.20. The topological polar surface area (TPSA) is 88.4 Å². The number of aromatic nitrogens is 2. The number of hydrogen-bond acceptors (Lipinski definition) is 6. The lowest BCUT2D eigenvalue weighted by atomic mass is 10.2. The lowest BCUT2D eigenvalue weighted by molar-refractivity contribution is -0.0587. The monoisotopic (exact) mass is 435 g/mol. The van der Waals surface area contributed by atoms with Crippen molar-refractivity contribution in [1.82, 2.24) is 24.5 Å². The van der Waals surface area contributed by atoms with Gasteiger partial charge in [0.2, 0.25) is 0 Å². The molecule has 0 aromatic carbocycles. The Morgan fingerprint density at radius 2 is 2.07 bits per heavy atom. The quantitative estimate of drug-likeness (QED) is 0.696. The van der Waals surface area contributed by atoms with Crippen molar-refractivity contribution in [1.29, 1.82) is 0 Å². The van der Waals surface area contributed by atoms with Crippen LogP contribution in [0.3, 0.4) is 0 Å². The summed E-state index contributed by atoms with van der Waals surface area (Å²) >= 11 is 6.19. The van der Waals surface area contributed by atoms with Crippen molar-refractivity contribution in [2.75, 3.05) is 39.3 Å². The number of ether oxygens (including phenoxy) is 2. The molecule has 30 heavy (non-hydrogen) atoms. The Labute approximate surface area is 179 Å². The van der Waals surface area contributed by atoms with Gasteiger partial charge in [-0.1, -0.05) is 11.6 Å². The number of morpholine rings is 1. The number of carbonyl (C=O) groups excluding carboxylic acids is 2. The molecule has 4 heterocycles. The fourth-order valence-electron chi connectivity index (χ4n) is 3.95. The van der Waals surface area contributed by atoms with Gasteiger partial charge in [-0.05, 0) is 26.0 Å². The predicted molar refractivity (Wildman–Crippen MR) is 111 cm³/mol. The van der Waals surface area contributed by atoms with E-state index in [4.69, 9.17) is 21.1 Å². The molecule has 2 saturated heterocycles. The van der Waals surface area contributed by atoms with E-state index in [2.05, 4.69) is 10.3 Å². The molecule has 9 nitrogen and oxygen atoms in total. The van der Waals surface area contributed by atoms with E-state index in [9.17, 15) is 9.59 Å². The molecule has 2 aromatic heterocycles. The summed E-state index contributed by atoms with van der Waals surface area (Å²) in [6.07, 6.45) is 1.43. The molecule has 2 aliphatic heterocycles. The molecular formula is C20H26ClN5O4. The molecule has 0 saturated carbocycles. The van der Waals surface area contributed by atoms with Gasteiger partial charge in [-0.25, -0.2) is 9.78 Å². The first-order valence-corrected chi connectivity index (χ1v) is 10.5. The maximum Gasteiger partial charge on any atom is 0.409 e. The van der Waals surface area contributed by atoms with Crippen LogP contribution in [-0.4, -0.2) is 82.7 Å². The summed E-state index contributed by atoms with van der Waals surface area (Å²) in [5.41, 5.74) is 1.82. The second-order valence-electron chi connectivity index (χ2n) is 7.73. The van der Waals surface area contributed by atoms with Gasteiger partial charge in [0.1, 0.15) is 12.3 Å². The molecule has 2 fully saturated rings. The number of nitrogens with zero attached hydrogens (tertiary/aromatic N) is 4.